The summed E-state index contributed by atoms with van der Waals surface area (Å²) in [5.41, 5.74) is 5.79. The number of rotatable bonds is 4. The third-order valence-corrected chi connectivity index (χ3v) is 5.44. The van der Waals surface area contributed by atoms with Crippen molar-refractivity contribution in [1.29, 1.82) is 0 Å². The minimum absolute atomic E-state index is 0.0508. The van der Waals surface area contributed by atoms with E-state index in [0.717, 1.165) is 31.6 Å². The Morgan fingerprint density at radius 3 is 2.00 bits per heavy atom. The standard InChI is InChI=1S/C16H33NO/c1-6-9-15(5,18)16(12-17)10-7-13(8-11-16)14(2,3)4/h13,18H,6-12,17H2,1-5H3. The van der Waals surface area contributed by atoms with Gasteiger partial charge in [0.1, 0.15) is 0 Å². The third kappa shape index (κ3) is 3.08. The first-order chi connectivity index (χ1) is 8.18. The van der Waals surface area contributed by atoms with E-state index < -0.39 is 5.60 Å². The molecule has 0 radical (unpaired) electrons. The lowest BCUT2D eigenvalue weighted by Crippen LogP contribution is -2.53. The van der Waals surface area contributed by atoms with E-state index in [1.807, 2.05) is 6.92 Å². The molecule has 2 heteroatoms. The van der Waals surface area contributed by atoms with Crippen molar-refractivity contribution in [2.75, 3.05) is 6.54 Å². The van der Waals surface area contributed by atoms with Crippen LogP contribution < -0.4 is 5.73 Å². The first-order valence-electron chi connectivity index (χ1n) is 7.61. The van der Waals surface area contributed by atoms with Gasteiger partial charge in [-0.3, -0.25) is 0 Å². The van der Waals surface area contributed by atoms with Gasteiger partial charge in [-0.05, 0) is 50.4 Å². The van der Waals surface area contributed by atoms with E-state index in [-0.39, 0.29) is 5.41 Å². The molecule has 0 spiro atoms. The molecule has 1 rings (SSSR count). The van der Waals surface area contributed by atoms with Gasteiger partial charge in [0.2, 0.25) is 0 Å². The van der Waals surface area contributed by atoms with Crippen LogP contribution in [0.5, 0.6) is 0 Å². The Bertz CT molecular complexity index is 257. The highest BCUT2D eigenvalue weighted by atomic mass is 16.3. The van der Waals surface area contributed by atoms with Crippen LogP contribution in [0.2, 0.25) is 0 Å². The van der Waals surface area contributed by atoms with Crippen LogP contribution in [-0.2, 0) is 0 Å². The number of nitrogens with two attached hydrogens (primary N) is 1. The molecular formula is C16H33NO. The maximum absolute atomic E-state index is 10.8. The highest BCUT2D eigenvalue weighted by Gasteiger charge is 2.48. The van der Waals surface area contributed by atoms with Gasteiger partial charge < -0.3 is 10.8 Å². The fourth-order valence-electron chi connectivity index (χ4n) is 3.75. The Morgan fingerprint density at radius 2 is 1.67 bits per heavy atom. The molecule has 0 aromatic carbocycles. The van der Waals surface area contributed by atoms with E-state index in [0.29, 0.717) is 12.0 Å². The van der Waals surface area contributed by atoms with Crippen LogP contribution >= 0.6 is 0 Å². The van der Waals surface area contributed by atoms with Crippen molar-refractivity contribution in [3.63, 3.8) is 0 Å². The van der Waals surface area contributed by atoms with Crippen LogP contribution in [0.15, 0.2) is 0 Å². The van der Waals surface area contributed by atoms with Crippen LogP contribution in [-0.4, -0.2) is 17.3 Å². The largest absolute Gasteiger partial charge is 0.390 e. The molecule has 18 heavy (non-hydrogen) atoms. The van der Waals surface area contributed by atoms with Gasteiger partial charge in [-0.1, -0.05) is 34.1 Å². The fraction of sp³-hybridized carbons (Fsp3) is 1.00. The quantitative estimate of drug-likeness (QED) is 0.804. The number of aliphatic hydroxyl groups is 1. The lowest BCUT2D eigenvalue weighted by molar-refractivity contribution is -0.103. The van der Waals surface area contributed by atoms with Crippen LogP contribution in [0.1, 0.15) is 73.1 Å². The van der Waals surface area contributed by atoms with Crippen molar-refractivity contribution in [3.8, 4) is 0 Å². The zero-order valence-electron chi connectivity index (χ0n) is 13.1. The molecule has 0 aromatic heterocycles. The van der Waals surface area contributed by atoms with Gasteiger partial charge in [0.25, 0.3) is 0 Å². The van der Waals surface area contributed by atoms with Crippen molar-refractivity contribution in [3.05, 3.63) is 0 Å². The second kappa shape index (κ2) is 5.50. The molecule has 108 valence electrons. The van der Waals surface area contributed by atoms with Crippen molar-refractivity contribution in [2.24, 2.45) is 22.5 Å². The van der Waals surface area contributed by atoms with Crippen LogP contribution in [0.3, 0.4) is 0 Å². The summed E-state index contributed by atoms with van der Waals surface area (Å²) in [7, 11) is 0. The van der Waals surface area contributed by atoms with E-state index in [2.05, 4.69) is 27.7 Å². The smallest absolute Gasteiger partial charge is 0.0687 e. The Kier molecular flexibility index (Phi) is 4.88. The molecule has 0 amide bonds. The van der Waals surface area contributed by atoms with Gasteiger partial charge in [-0.2, -0.15) is 0 Å². The molecule has 3 N–H and O–H groups in total. The fourth-order valence-corrected chi connectivity index (χ4v) is 3.75. The molecule has 0 heterocycles. The van der Waals surface area contributed by atoms with Crippen LogP contribution in [0, 0.1) is 16.7 Å². The van der Waals surface area contributed by atoms with Crippen LogP contribution in [0.25, 0.3) is 0 Å². The summed E-state index contributed by atoms with van der Waals surface area (Å²) >= 11 is 0. The molecule has 0 saturated heterocycles. The molecule has 1 unspecified atom stereocenters. The summed E-state index contributed by atoms with van der Waals surface area (Å²) in [4.78, 5) is 0. The molecule has 1 aliphatic rings. The lowest BCUT2D eigenvalue weighted by Gasteiger charge is -2.51. The van der Waals surface area contributed by atoms with Crippen molar-refractivity contribution >= 4 is 0 Å². The highest BCUT2D eigenvalue weighted by molar-refractivity contribution is 5.00. The minimum atomic E-state index is -0.598. The predicted molar refractivity (Wildman–Crippen MR) is 78.4 cm³/mol. The molecular weight excluding hydrogens is 222 g/mol. The van der Waals surface area contributed by atoms with Gasteiger partial charge in [0.15, 0.2) is 0 Å². The molecule has 0 aromatic rings. The Hall–Kier alpha value is -0.0800. The average Bonchev–Trinajstić information content (AvgIpc) is 2.27. The highest BCUT2D eigenvalue weighted by Crippen LogP contribution is 2.50. The van der Waals surface area contributed by atoms with Gasteiger partial charge in [-0.15, -0.1) is 0 Å². The summed E-state index contributed by atoms with van der Waals surface area (Å²) in [6.07, 6.45) is 6.47. The molecule has 1 aliphatic carbocycles. The van der Waals surface area contributed by atoms with Crippen molar-refractivity contribution in [1.82, 2.24) is 0 Å². The third-order valence-electron chi connectivity index (χ3n) is 5.44. The zero-order valence-corrected chi connectivity index (χ0v) is 13.1. The Balaban J connectivity index is 2.77. The van der Waals surface area contributed by atoms with Crippen LogP contribution in [0.4, 0.5) is 0 Å². The van der Waals surface area contributed by atoms with Gasteiger partial charge in [-0.25, -0.2) is 0 Å². The summed E-state index contributed by atoms with van der Waals surface area (Å²) in [5.74, 6) is 0.773. The van der Waals surface area contributed by atoms with E-state index >= 15 is 0 Å². The van der Waals surface area contributed by atoms with Crippen molar-refractivity contribution in [2.45, 2.75) is 78.7 Å². The summed E-state index contributed by atoms with van der Waals surface area (Å²) in [5, 5.41) is 10.8. The second-order valence-electron chi connectivity index (χ2n) is 7.65. The molecule has 1 saturated carbocycles. The first-order valence-corrected chi connectivity index (χ1v) is 7.61. The number of hydrogen-bond donors (Lipinski definition) is 2. The molecule has 0 aliphatic heterocycles. The normalized spacial score (nSPS) is 33.2. The van der Waals surface area contributed by atoms with Crippen molar-refractivity contribution < 1.29 is 5.11 Å². The molecule has 1 atom stereocenters. The summed E-state index contributed by atoms with van der Waals surface area (Å²) in [6.45, 7) is 11.8. The number of hydrogen-bond acceptors (Lipinski definition) is 2. The molecule has 2 nitrogen and oxygen atoms in total. The summed E-state index contributed by atoms with van der Waals surface area (Å²) in [6, 6.07) is 0. The van der Waals surface area contributed by atoms with E-state index in [1.54, 1.807) is 0 Å². The zero-order chi connectivity index (χ0) is 14.0. The minimum Gasteiger partial charge on any atom is -0.390 e. The maximum Gasteiger partial charge on any atom is 0.0687 e. The first kappa shape index (κ1) is 16.0. The second-order valence-corrected chi connectivity index (χ2v) is 7.65. The summed E-state index contributed by atoms with van der Waals surface area (Å²) < 4.78 is 0. The van der Waals surface area contributed by atoms with Gasteiger partial charge in [0, 0.05) is 12.0 Å². The van der Waals surface area contributed by atoms with E-state index in [4.69, 9.17) is 5.73 Å². The Labute approximate surface area is 113 Å². The monoisotopic (exact) mass is 255 g/mol. The van der Waals surface area contributed by atoms with E-state index in [9.17, 15) is 5.11 Å². The lowest BCUT2D eigenvalue weighted by atomic mass is 9.57. The van der Waals surface area contributed by atoms with Gasteiger partial charge >= 0.3 is 0 Å². The molecule has 0 bridgehead atoms. The van der Waals surface area contributed by atoms with Gasteiger partial charge in [0.05, 0.1) is 5.60 Å². The van der Waals surface area contributed by atoms with E-state index in [1.165, 1.54) is 12.8 Å². The Morgan fingerprint density at radius 1 is 1.17 bits per heavy atom. The predicted octanol–water partition coefficient (Wildman–Crippen LogP) is 3.72. The average molecular weight is 255 g/mol. The SMILES string of the molecule is CCCC(C)(O)C1(CN)CCC(C(C)(C)C)CC1. The molecule has 1 fully saturated rings. The maximum atomic E-state index is 10.8. The topological polar surface area (TPSA) is 46.2 Å².